The zero-order valence-electron chi connectivity index (χ0n) is 9.38. The Bertz CT molecular complexity index is 493. The van der Waals surface area contributed by atoms with E-state index in [-0.39, 0.29) is 16.0 Å². The van der Waals surface area contributed by atoms with Gasteiger partial charge in [-0.2, -0.15) is 13.2 Å². The molecule has 0 bridgehead atoms. The van der Waals surface area contributed by atoms with Gasteiger partial charge in [-0.1, -0.05) is 33.6 Å². The second kappa shape index (κ2) is 6.38. The number of nitrogens with zero attached hydrogens (tertiary/aromatic N) is 1. The number of benzene rings is 1. The van der Waals surface area contributed by atoms with Crippen molar-refractivity contribution in [2.75, 3.05) is 16.8 Å². The molecule has 0 aromatic heterocycles. The van der Waals surface area contributed by atoms with Crippen molar-refractivity contribution in [2.45, 2.75) is 6.18 Å². The Balaban J connectivity index is 3.12. The monoisotopic (exact) mass is 357 g/mol. The smallest absolute Gasteiger partial charge is 0.297 e. The maximum absolute atomic E-state index is 12.5. The van der Waals surface area contributed by atoms with E-state index in [0.717, 1.165) is 0 Å². The molecule has 104 valence electrons. The topological polar surface area (TPSA) is 37.4 Å². The number of amides is 1. The third-order valence-electron chi connectivity index (χ3n) is 2.09. The molecule has 0 fully saturated rings. The van der Waals surface area contributed by atoms with Crippen LogP contribution in [0.1, 0.15) is 0 Å². The predicted octanol–water partition coefficient (Wildman–Crippen LogP) is 3.20. The van der Waals surface area contributed by atoms with Gasteiger partial charge in [0.05, 0.1) is 11.9 Å². The summed E-state index contributed by atoms with van der Waals surface area (Å²) in [6, 6.07) is 5.31. The highest BCUT2D eigenvalue weighted by molar-refractivity contribution is 9.09. The number of carbonyl (C=O) groups excluding carboxylic acids is 2. The molecule has 0 unspecified atom stereocenters. The summed E-state index contributed by atoms with van der Waals surface area (Å²) < 4.78 is 37.5. The number of carbonyl (C=O) groups is 2. The zero-order valence-corrected chi connectivity index (χ0v) is 11.7. The first-order chi connectivity index (χ1) is 8.75. The highest BCUT2D eigenvalue weighted by Gasteiger charge is 2.43. The molecular weight excluding hydrogens is 350 g/mol. The molecule has 0 saturated carbocycles. The van der Waals surface area contributed by atoms with Crippen molar-refractivity contribution in [3.8, 4) is 0 Å². The minimum Gasteiger partial charge on any atom is -0.297 e. The molecule has 3 nitrogen and oxygen atoms in total. The number of hydrogen-bond acceptors (Lipinski definition) is 2. The molecule has 0 aliphatic rings. The molecule has 1 aromatic carbocycles. The van der Waals surface area contributed by atoms with Gasteiger partial charge < -0.3 is 0 Å². The molecule has 8 heteroatoms. The minimum atomic E-state index is -5.06. The van der Waals surface area contributed by atoms with Gasteiger partial charge in [0.2, 0.25) is 0 Å². The van der Waals surface area contributed by atoms with Crippen molar-refractivity contribution >= 4 is 44.9 Å². The van der Waals surface area contributed by atoms with Gasteiger partial charge in [0, 0.05) is 10.7 Å². The molecule has 0 saturated heterocycles. The van der Waals surface area contributed by atoms with Crippen LogP contribution in [0.3, 0.4) is 0 Å². The van der Waals surface area contributed by atoms with E-state index in [2.05, 4.69) is 15.9 Å². The van der Waals surface area contributed by atoms with E-state index < -0.39 is 24.4 Å². The average molecular weight is 359 g/mol. The Morgan fingerprint density at radius 1 is 1.32 bits per heavy atom. The SMILES string of the molecule is O=C(CBr)CN(C(=O)C(F)(F)F)c1cccc(Cl)c1. The first-order valence-electron chi connectivity index (χ1n) is 4.97. The summed E-state index contributed by atoms with van der Waals surface area (Å²) >= 11 is 8.50. The summed E-state index contributed by atoms with van der Waals surface area (Å²) in [7, 11) is 0. The number of Topliss-reactive ketones (excluding diaryl/α,β-unsaturated/α-hetero) is 1. The summed E-state index contributed by atoms with van der Waals surface area (Å²) in [6.07, 6.45) is -5.06. The maximum Gasteiger partial charge on any atom is 0.471 e. The normalized spacial score (nSPS) is 11.2. The standard InChI is InChI=1S/C11H8BrClF3NO2/c12-5-9(18)6-17(10(19)11(14,15)16)8-3-1-2-7(13)4-8/h1-4H,5-6H2. The molecular formula is C11H8BrClF3NO2. The Labute approximate surface area is 120 Å². The van der Waals surface area contributed by atoms with Crippen LogP contribution in [0.15, 0.2) is 24.3 Å². The van der Waals surface area contributed by atoms with Gasteiger partial charge in [-0.05, 0) is 18.2 Å². The molecule has 1 aromatic rings. The van der Waals surface area contributed by atoms with Gasteiger partial charge >= 0.3 is 12.1 Å². The first kappa shape index (κ1) is 16.0. The second-order valence-corrected chi connectivity index (χ2v) is 4.54. The van der Waals surface area contributed by atoms with Gasteiger partial charge in [0.15, 0.2) is 5.78 Å². The molecule has 19 heavy (non-hydrogen) atoms. The van der Waals surface area contributed by atoms with Crippen molar-refractivity contribution in [2.24, 2.45) is 0 Å². The van der Waals surface area contributed by atoms with Crippen LogP contribution in [0.4, 0.5) is 18.9 Å². The van der Waals surface area contributed by atoms with Gasteiger partial charge in [-0.15, -0.1) is 0 Å². The molecule has 0 N–H and O–H groups in total. The van der Waals surface area contributed by atoms with E-state index in [4.69, 9.17) is 11.6 Å². The molecule has 0 aliphatic carbocycles. The van der Waals surface area contributed by atoms with Crippen molar-refractivity contribution in [1.82, 2.24) is 0 Å². The minimum absolute atomic E-state index is 0.0795. The van der Waals surface area contributed by atoms with Crippen molar-refractivity contribution < 1.29 is 22.8 Å². The lowest BCUT2D eigenvalue weighted by Crippen LogP contribution is -2.44. The van der Waals surface area contributed by atoms with E-state index in [0.29, 0.717) is 4.90 Å². The van der Waals surface area contributed by atoms with Gasteiger partial charge in [-0.3, -0.25) is 14.5 Å². The van der Waals surface area contributed by atoms with E-state index in [1.54, 1.807) is 0 Å². The van der Waals surface area contributed by atoms with Gasteiger partial charge in [-0.25, -0.2) is 0 Å². The molecule has 0 heterocycles. The molecule has 0 aliphatic heterocycles. The number of halogens is 5. The van der Waals surface area contributed by atoms with Crippen LogP contribution in [0, 0.1) is 0 Å². The van der Waals surface area contributed by atoms with Crippen LogP contribution in [0.2, 0.25) is 5.02 Å². The lowest BCUT2D eigenvalue weighted by Gasteiger charge is -2.23. The summed E-state index contributed by atoms with van der Waals surface area (Å²) in [6.45, 7) is -0.677. The number of alkyl halides is 4. The molecule has 0 radical (unpaired) electrons. The third-order valence-corrected chi connectivity index (χ3v) is 2.95. The Morgan fingerprint density at radius 2 is 1.95 bits per heavy atom. The van der Waals surface area contributed by atoms with Crippen LogP contribution < -0.4 is 4.90 Å². The average Bonchev–Trinajstić information content (AvgIpc) is 2.33. The molecule has 1 amide bonds. The van der Waals surface area contributed by atoms with Crippen molar-refractivity contribution in [3.05, 3.63) is 29.3 Å². The number of ketones is 1. The van der Waals surface area contributed by atoms with Crippen LogP contribution in [-0.2, 0) is 9.59 Å². The Kier molecular flexibility index (Phi) is 5.37. The quantitative estimate of drug-likeness (QED) is 0.775. The maximum atomic E-state index is 12.5. The third kappa shape index (κ3) is 4.50. The van der Waals surface area contributed by atoms with Crippen LogP contribution in [0.5, 0.6) is 0 Å². The fraction of sp³-hybridized carbons (Fsp3) is 0.273. The van der Waals surface area contributed by atoms with Crippen molar-refractivity contribution in [1.29, 1.82) is 0 Å². The fourth-order valence-electron chi connectivity index (χ4n) is 1.30. The van der Waals surface area contributed by atoms with E-state index in [1.807, 2.05) is 0 Å². The summed E-state index contributed by atoms with van der Waals surface area (Å²) in [5, 5.41) is 0.0265. The number of hydrogen-bond donors (Lipinski definition) is 0. The van der Waals surface area contributed by atoms with Crippen LogP contribution in [0.25, 0.3) is 0 Å². The first-order valence-corrected chi connectivity index (χ1v) is 6.47. The summed E-state index contributed by atoms with van der Waals surface area (Å²) in [4.78, 5) is 22.9. The fourth-order valence-corrected chi connectivity index (χ4v) is 1.66. The van der Waals surface area contributed by atoms with Crippen LogP contribution in [-0.4, -0.2) is 29.7 Å². The van der Waals surface area contributed by atoms with E-state index in [1.165, 1.54) is 24.3 Å². The highest BCUT2D eigenvalue weighted by Crippen LogP contribution is 2.25. The van der Waals surface area contributed by atoms with Gasteiger partial charge in [0.25, 0.3) is 0 Å². The highest BCUT2D eigenvalue weighted by atomic mass is 79.9. The molecule has 0 atom stereocenters. The van der Waals surface area contributed by atoms with Crippen LogP contribution >= 0.6 is 27.5 Å². The van der Waals surface area contributed by atoms with Crippen molar-refractivity contribution in [3.63, 3.8) is 0 Å². The number of anilines is 1. The number of rotatable bonds is 4. The summed E-state index contributed by atoms with van der Waals surface area (Å²) in [5.41, 5.74) is -0.0795. The largest absolute Gasteiger partial charge is 0.471 e. The lowest BCUT2D eigenvalue weighted by molar-refractivity contribution is -0.170. The van der Waals surface area contributed by atoms with Gasteiger partial charge in [0.1, 0.15) is 0 Å². The Hall–Kier alpha value is -1.08. The second-order valence-electron chi connectivity index (χ2n) is 3.54. The predicted molar refractivity (Wildman–Crippen MR) is 68.7 cm³/mol. The van der Waals surface area contributed by atoms with E-state index in [9.17, 15) is 22.8 Å². The lowest BCUT2D eigenvalue weighted by atomic mass is 10.2. The molecule has 0 spiro atoms. The molecule has 1 rings (SSSR count). The zero-order chi connectivity index (χ0) is 14.6. The van der Waals surface area contributed by atoms with E-state index >= 15 is 0 Å². The summed E-state index contributed by atoms with van der Waals surface area (Å²) in [5.74, 6) is -2.67. The Morgan fingerprint density at radius 3 is 2.42 bits per heavy atom.